The molecule has 102 valence electrons. The molecule has 0 aliphatic carbocycles. The average molecular weight is 249 g/mol. The van der Waals surface area contributed by atoms with Gasteiger partial charge in [-0.1, -0.05) is 25.5 Å². The van der Waals surface area contributed by atoms with E-state index in [0.717, 1.165) is 18.7 Å². The third-order valence-corrected chi connectivity index (χ3v) is 3.12. The minimum atomic E-state index is 0.236. The van der Waals surface area contributed by atoms with E-state index in [4.69, 9.17) is 10.5 Å². The predicted molar refractivity (Wildman–Crippen MR) is 78.1 cm³/mol. The monoisotopic (exact) mass is 249 g/mol. The molecular weight excluding hydrogens is 222 g/mol. The summed E-state index contributed by atoms with van der Waals surface area (Å²) in [6.07, 6.45) is 4.99. The van der Waals surface area contributed by atoms with Gasteiger partial charge in [0.25, 0.3) is 0 Å². The molecule has 1 unspecified atom stereocenters. The van der Waals surface area contributed by atoms with Gasteiger partial charge in [0.05, 0.1) is 6.10 Å². The van der Waals surface area contributed by atoms with Crippen LogP contribution in [-0.2, 0) is 0 Å². The molecule has 0 aromatic heterocycles. The number of rotatable bonds is 8. The van der Waals surface area contributed by atoms with Gasteiger partial charge in [-0.3, -0.25) is 0 Å². The summed E-state index contributed by atoms with van der Waals surface area (Å²) in [4.78, 5) is 0. The molecule has 1 aromatic rings. The Balaban J connectivity index is 2.67. The van der Waals surface area contributed by atoms with Crippen LogP contribution in [0.3, 0.4) is 0 Å². The van der Waals surface area contributed by atoms with Gasteiger partial charge in [-0.15, -0.1) is 0 Å². The molecule has 1 atom stereocenters. The fourth-order valence-electron chi connectivity index (χ4n) is 2.28. The van der Waals surface area contributed by atoms with Gasteiger partial charge in [-0.05, 0) is 63.3 Å². The first-order valence-electron chi connectivity index (χ1n) is 7.14. The Labute approximate surface area is 112 Å². The minimum absolute atomic E-state index is 0.236. The summed E-state index contributed by atoms with van der Waals surface area (Å²) in [6, 6.07) is 8.57. The highest BCUT2D eigenvalue weighted by Gasteiger charge is 2.10. The van der Waals surface area contributed by atoms with Gasteiger partial charge in [0.1, 0.15) is 5.75 Å². The van der Waals surface area contributed by atoms with Gasteiger partial charge in [0.2, 0.25) is 0 Å². The van der Waals surface area contributed by atoms with Crippen molar-refractivity contribution in [2.45, 2.75) is 58.5 Å². The lowest BCUT2D eigenvalue weighted by molar-refractivity contribution is 0.242. The zero-order valence-electron chi connectivity index (χ0n) is 12.0. The molecule has 0 fully saturated rings. The lowest BCUT2D eigenvalue weighted by Gasteiger charge is -2.17. The van der Waals surface area contributed by atoms with Crippen LogP contribution >= 0.6 is 0 Å². The zero-order valence-corrected chi connectivity index (χ0v) is 12.0. The van der Waals surface area contributed by atoms with Crippen LogP contribution in [0.25, 0.3) is 0 Å². The molecule has 0 bridgehead atoms. The third kappa shape index (κ3) is 5.09. The summed E-state index contributed by atoms with van der Waals surface area (Å²) in [5.41, 5.74) is 7.03. The Bertz CT molecular complexity index is 318. The van der Waals surface area contributed by atoms with E-state index in [-0.39, 0.29) is 6.10 Å². The van der Waals surface area contributed by atoms with Gasteiger partial charge in [-0.2, -0.15) is 0 Å². The average Bonchev–Trinajstić information content (AvgIpc) is 2.35. The first-order valence-corrected chi connectivity index (χ1v) is 7.14. The summed E-state index contributed by atoms with van der Waals surface area (Å²) in [6.45, 7) is 7.13. The number of benzene rings is 1. The van der Waals surface area contributed by atoms with E-state index >= 15 is 0 Å². The second-order valence-electron chi connectivity index (χ2n) is 5.15. The van der Waals surface area contributed by atoms with E-state index in [2.05, 4.69) is 45.0 Å². The molecule has 1 aromatic carbocycles. The maximum absolute atomic E-state index is 5.67. The van der Waals surface area contributed by atoms with Crippen LogP contribution in [-0.4, -0.2) is 12.6 Å². The standard InChI is InChI=1S/C16H27NO/c1-4-6-14(7-5-12-17)15-8-10-16(11-9-15)18-13(2)3/h8-11,13-14H,4-7,12,17H2,1-3H3. The fraction of sp³-hybridized carbons (Fsp3) is 0.625. The van der Waals surface area contributed by atoms with Crippen LogP contribution in [0.5, 0.6) is 5.75 Å². The predicted octanol–water partition coefficient (Wildman–Crippen LogP) is 4.10. The van der Waals surface area contributed by atoms with Gasteiger partial charge in [-0.25, -0.2) is 0 Å². The Morgan fingerprint density at radius 1 is 1.11 bits per heavy atom. The quantitative estimate of drug-likeness (QED) is 0.753. The lowest BCUT2D eigenvalue weighted by Crippen LogP contribution is -2.06. The molecule has 0 saturated heterocycles. The van der Waals surface area contributed by atoms with Crippen molar-refractivity contribution >= 4 is 0 Å². The van der Waals surface area contributed by atoms with Gasteiger partial charge in [0, 0.05) is 0 Å². The van der Waals surface area contributed by atoms with E-state index < -0.39 is 0 Å². The summed E-state index contributed by atoms with van der Waals surface area (Å²) in [5.74, 6) is 1.61. The van der Waals surface area contributed by atoms with Crippen molar-refractivity contribution in [2.24, 2.45) is 5.73 Å². The van der Waals surface area contributed by atoms with Gasteiger partial charge >= 0.3 is 0 Å². The second-order valence-corrected chi connectivity index (χ2v) is 5.15. The molecule has 2 N–H and O–H groups in total. The summed E-state index contributed by atoms with van der Waals surface area (Å²) < 4.78 is 5.67. The van der Waals surface area contributed by atoms with Crippen molar-refractivity contribution < 1.29 is 4.74 Å². The van der Waals surface area contributed by atoms with E-state index in [1.54, 1.807) is 0 Å². The number of nitrogens with two attached hydrogens (primary N) is 1. The molecule has 0 spiro atoms. The van der Waals surface area contributed by atoms with Crippen LogP contribution in [0.4, 0.5) is 0 Å². The SMILES string of the molecule is CCCC(CCCN)c1ccc(OC(C)C)cc1. The molecule has 2 nitrogen and oxygen atoms in total. The topological polar surface area (TPSA) is 35.2 Å². The first-order chi connectivity index (χ1) is 8.67. The van der Waals surface area contributed by atoms with Crippen molar-refractivity contribution in [1.82, 2.24) is 0 Å². The minimum Gasteiger partial charge on any atom is -0.491 e. The molecule has 0 heterocycles. The van der Waals surface area contributed by atoms with Crippen LogP contribution in [0.1, 0.15) is 57.9 Å². The first kappa shape index (κ1) is 15.0. The van der Waals surface area contributed by atoms with Crippen molar-refractivity contribution in [3.05, 3.63) is 29.8 Å². The van der Waals surface area contributed by atoms with Crippen molar-refractivity contribution in [3.63, 3.8) is 0 Å². The Hall–Kier alpha value is -1.02. The summed E-state index contributed by atoms with van der Waals surface area (Å²) in [5, 5.41) is 0. The number of ether oxygens (including phenoxy) is 1. The number of hydrogen-bond acceptors (Lipinski definition) is 2. The highest BCUT2D eigenvalue weighted by Crippen LogP contribution is 2.27. The largest absolute Gasteiger partial charge is 0.491 e. The van der Waals surface area contributed by atoms with Gasteiger partial charge in [0.15, 0.2) is 0 Å². The second kappa shape index (κ2) is 8.15. The summed E-state index contributed by atoms with van der Waals surface area (Å²) >= 11 is 0. The van der Waals surface area contributed by atoms with Gasteiger partial charge < -0.3 is 10.5 Å². The smallest absolute Gasteiger partial charge is 0.119 e. The number of hydrogen-bond donors (Lipinski definition) is 1. The molecule has 0 radical (unpaired) electrons. The molecule has 0 amide bonds. The molecule has 1 rings (SSSR count). The van der Waals surface area contributed by atoms with E-state index in [1.165, 1.54) is 24.8 Å². The van der Waals surface area contributed by atoms with E-state index in [0.29, 0.717) is 5.92 Å². The highest BCUT2D eigenvalue weighted by molar-refractivity contribution is 5.29. The van der Waals surface area contributed by atoms with Crippen LogP contribution < -0.4 is 10.5 Å². The zero-order chi connectivity index (χ0) is 13.4. The maximum atomic E-state index is 5.67. The van der Waals surface area contributed by atoms with Crippen LogP contribution in [0.2, 0.25) is 0 Å². The normalized spacial score (nSPS) is 12.7. The molecule has 2 heteroatoms. The molecule has 0 aliphatic rings. The highest BCUT2D eigenvalue weighted by atomic mass is 16.5. The Morgan fingerprint density at radius 2 is 1.78 bits per heavy atom. The molecule has 18 heavy (non-hydrogen) atoms. The van der Waals surface area contributed by atoms with Crippen LogP contribution in [0.15, 0.2) is 24.3 Å². The lowest BCUT2D eigenvalue weighted by atomic mass is 9.90. The van der Waals surface area contributed by atoms with E-state index in [9.17, 15) is 0 Å². The molecule has 0 aliphatic heterocycles. The molecule has 0 saturated carbocycles. The van der Waals surface area contributed by atoms with Crippen molar-refractivity contribution in [1.29, 1.82) is 0 Å². The Morgan fingerprint density at radius 3 is 2.28 bits per heavy atom. The van der Waals surface area contributed by atoms with E-state index in [1.807, 2.05) is 0 Å². The molecular formula is C16H27NO. The summed E-state index contributed by atoms with van der Waals surface area (Å²) in [7, 11) is 0. The maximum Gasteiger partial charge on any atom is 0.119 e. The van der Waals surface area contributed by atoms with Crippen molar-refractivity contribution in [3.8, 4) is 5.75 Å². The Kier molecular flexibility index (Phi) is 6.81. The van der Waals surface area contributed by atoms with Crippen LogP contribution in [0, 0.1) is 0 Å². The fourth-order valence-corrected chi connectivity index (χ4v) is 2.28. The van der Waals surface area contributed by atoms with Crippen molar-refractivity contribution in [2.75, 3.05) is 6.54 Å². The third-order valence-electron chi connectivity index (χ3n) is 3.12.